The first-order valence-electron chi connectivity index (χ1n) is 6.56. The highest BCUT2D eigenvalue weighted by Gasteiger charge is 2.20. The summed E-state index contributed by atoms with van der Waals surface area (Å²) in [4.78, 5) is 0. The molecular weight excluding hydrogens is 228 g/mol. The fraction of sp³-hybridized carbons (Fsp3) is 0.600. The molecule has 0 heterocycles. The SMILES string of the molecule is CC(C)SCC(O)c1cccc(C2CCC2)c1. The molecule has 0 saturated heterocycles. The number of hydrogen-bond acceptors (Lipinski definition) is 2. The molecule has 2 rings (SSSR count). The number of thioether (sulfide) groups is 1. The van der Waals surface area contributed by atoms with Gasteiger partial charge in [-0.3, -0.25) is 0 Å². The molecule has 0 radical (unpaired) electrons. The lowest BCUT2D eigenvalue weighted by molar-refractivity contribution is 0.204. The van der Waals surface area contributed by atoms with Crippen LogP contribution >= 0.6 is 11.8 Å². The van der Waals surface area contributed by atoms with Gasteiger partial charge < -0.3 is 5.11 Å². The predicted molar refractivity (Wildman–Crippen MR) is 75.6 cm³/mol. The van der Waals surface area contributed by atoms with Gasteiger partial charge in [0.15, 0.2) is 0 Å². The third-order valence-electron chi connectivity index (χ3n) is 3.46. The van der Waals surface area contributed by atoms with E-state index in [0.29, 0.717) is 5.25 Å². The highest BCUT2D eigenvalue weighted by Crippen LogP contribution is 2.37. The van der Waals surface area contributed by atoms with Gasteiger partial charge >= 0.3 is 0 Å². The lowest BCUT2D eigenvalue weighted by Crippen LogP contribution is -2.10. The zero-order valence-corrected chi connectivity index (χ0v) is 11.5. The molecule has 1 saturated carbocycles. The molecule has 1 aliphatic carbocycles. The molecule has 1 N–H and O–H groups in total. The molecule has 0 aromatic heterocycles. The molecule has 0 spiro atoms. The summed E-state index contributed by atoms with van der Waals surface area (Å²) >= 11 is 1.82. The van der Waals surface area contributed by atoms with E-state index in [2.05, 4.69) is 32.0 Å². The van der Waals surface area contributed by atoms with E-state index in [1.807, 2.05) is 17.8 Å². The molecule has 1 aromatic rings. The minimum atomic E-state index is -0.317. The second kappa shape index (κ2) is 5.92. The second-order valence-electron chi connectivity index (χ2n) is 5.20. The van der Waals surface area contributed by atoms with E-state index in [9.17, 15) is 5.11 Å². The summed E-state index contributed by atoms with van der Waals surface area (Å²) in [5.74, 6) is 1.55. The average molecular weight is 250 g/mol. The Labute approximate surface area is 109 Å². The van der Waals surface area contributed by atoms with E-state index in [-0.39, 0.29) is 6.10 Å². The Hall–Kier alpha value is -0.470. The highest BCUT2D eigenvalue weighted by molar-refractivity contribution is 7.99. The Morgan fingerprint density at radius 2 is 2.12 bits per heavy atom. The van der Waals surface area contributed by atoms with Crippen LogP contribution in [0, 0.1) is 0 Å². The van der Waals surface area contributed by atoms with Gasteiger partial charge in [0.2, 0.25) is 0 Å². The Balaban J connectivity index is 1.99. The Morgan fingerprint density at radius 3 is 2.71 bits per heavy atom. The van der Waals surface area contributed by atoms with Crippen LogP contribution in [0.25, 0.3) is 0 Å². The van der Waals surface area contributed by atoms with E-state index in [4.69, 9.17) is 0 Å². The van der Waals surface area contributed by atoms with Crippen LogP contribution in [0.5, 0.6) is 0 Å². The van der Waals surface area contributed by atoms with Gasteiger partial charge in [0.25, 0.3) is 0 Å². The van der Waals surface area contributed by atoms with Crippen molar-refractivity contribution in [3.05, 3.63) is 35.4 Å². The van der Waals surface area contributed by atoms with Crippen molar-refractivity contribution in [1.29, 1.82) is 0 Å². The maximum atomic E-state index is 10.1. The van der Waals surface area contributed by atoms with Crippen molar-refractivity contribution in [3.63, 3.8) is 0 Å². The molecule has 0 amide bonds. The normalized spacial score (nSPS) is 18.1. The average Bonchev–Trinajstić information content (AvgIpc) is 2.24. The summed E-state index contributed by atoms with van der Waals surface area (Å²) in [6.07, 6.45) is 3.68. The summed E-state index contributed by atoms with van der Waals surface area (Å²) in [6.45, 7) is 4.34. The van der Waals surface area contributed by atoms with Crippen LogP contribution in [0.4, 0.5) is 0 Å². The Bertz CT molecular complexity index is 358. The minimum absolute atomic E-state index is 0.317. The van der Waals surface area contributed by atoms with Gasteiger partial charge in [-0.05, 0) is 35.1 Å². The summed E-state index contributed by atoms with van der Waals surface area (Å²) in [5, 5.41) is 10.7. The fourth-order valence-electron chi connectivity index (χ4n) is 2.14. The summed E-state index contributed by atoms with van der Waals surface area (Å²) in [5.41, 5.74) is 2.50. The molecule has 94 valence electrons. The number of aliphatic hydroxyl groups excluding tert-OH is 1. The van der Waals surface area contributed by atoms with Crippen LogP contribution in [0.2, 0.25) is 0 Å². The van der Waals surface area contributed by atoms with Crippen LogP contribution in [-0.2, 0) is 0 Å². The second-order valence-corrected chi connectivity index (χ2v) is 6.81. The van der Waals surface area contributed by atoms with Crippen LogP contribution < -0.4 is 0 Å². The van der Waals surface area contributed by atoms with Gasteiger partial charge in [-0.25, -0.2) is 0 Å². The molecule has 2 heteroatoms. The number of benzene rings is 1. The fourth-order valence-corrected chi connectivity index (χ4v) is 2.90. The lowest BCUT2D eigenvalue weighted by atomic mass is 9.79. The van der Waals surface area contributed by atoms with Gasteiger partial charge in [-0.2, -0.15) is 11.8 Å². The Morgan fingerprint density at radius 1 is 1.35 bits per heavy atom. The van der Waals surface area contributed by atoms with E-state index < -0.39 is 0 Å². The maximum Gasteiger partial charge on any atom is 0.0880 e. The third-order valence-corrected chi connectivity index (χ3v) is 4.63. The molecule has 0 aliphatic heterocycles. The quantitative estimate of drug-likeness (QED) is 0.848. The number of hydrogen-bond donors (Lipinski definition) is 1. The van der Waals surface area contributed by atoms with Crippen LogP contribution in [0.3, 0.4) is 0 Å². The molecule has 1 fully saturated rings. The zero-order valence-electron chi connectivity index (χ0n) is 10.7. The van der Waals surface area contributed by atoms with Gasteiger partial charge in [0.1, 0.15) is 0 Å². The van der Waals surface area contributed by atoms with Gasteiger partial charge in [0.05, 0.1) is 6.10 Å². The van der Waals surface area contributed by atoms with Crippen molar-refractivity contribution < 1.29 is 5.11 Å². The monoisotopic (exact) mass is 250 g/mol. The molecule has 1 aromatic carbocycles. The topological polar surface area (TPSA) is 20.2 Å². The van der Waals surface area contributed by atoms with Crippen molar-refractivity contribution in [2.24, 2.45) is 0 Å². The molecule has 0 bridgehead atoms. The summed E-state index contributed by atoms with van der Waals surface area (Å²) < 4.78 is 0. The molecular formula is C15H22OS. The first-order chi connectivity index (χ1) is 8.16. The van der Waals surface area contributed by atoms with Gasteiger partial charge in [-0.15, -0.1) is 0 Å². The smallest absolute Gasteiger partial charge is 0.0880 e. The van der Waals surface area contributed by atoms with Crippen LogP contribution in [0.15, 0.2) is 24.3 Å². The van der Waals surface area contributed by atoms with Crippen LogP contribution in [0.1, 0.15) is 56.3 Å². The van der Waals surface area contributed by atoms with Crippen molar-refractivity contribution in [1.82, 2.24) is 0 Å². The largest absolute Gasteiger partial charge is 0.388 e. The lowest BCUT2D eigenvalue weighted by Gasteiger charge is -2.26. The standard InChI is InChI=1S/C15H22OS/c1-11(2)17-10-15(16)14-8-4-7-13(9-14)12-5-3-6-12/h4,7-9,11-12,15-16H,3,5-6,10H2,1-2H3. The van der Waals surface area contributed by atoms with E-state index in [1.54, 1.807) is 0 Å². The maximum absolute atomic E-state index is 10.1. The van der Waals surface area contributed by atoms with E-state index in [0.717, 1.165) is 17.2 Å². The van der Waals surface area contributed by atoms with Crippen molar-refractivity contribution in [2.45, 2.75) is 50.4 Å². The predicted octanol–water partition coefficient (Wildman–Crippen LogP) is 4.13. The van der Waals surface area contributed by atoms with Gasteiger partial charge in [-0.1, -0.05) is 44.5 Å². The van der Waals surface area contributed by atoms with Crippen LogP contribution in [-0.4, -0.2) is 16.1 Å². The van der Waals surface area contributed by atoms with Crippen molar-refractivity contribution in [3.8, 4) is 0 Å². The molecule has 1 atom stereocenters. The summed E-state index contributed by atoms with van der Waals surface area (Å²) in [6, 6.07) is 8.55. The Kier molecular flexibility index (Phi) is 4.52. The number of aliphatic hydroxyl groups is 1. The molecule has 1 aliphatic rings. The number of rotatable bonds is 5. The van der Waals surface area contributed by atoms with Crippen molar-refractivity contribution in [2.75, 3.05) is 5.75 Å². The first-order valence-corrected chi connectivity index (χ1v) is 7.61. The highest BCUT2D eigenvalue weighted by atomic mass is 32.2. The van der Waals surface area contributed by atoms with Gasteiger partial charge in [0, 0.05) is 5.75 Å². The van der Waals surface area contributed by atoms with Crippen molar-refractivity contribution >= 4 is 11.8 Å². The molecule has 17 heavy (non-hydrogen) atoms. The van der Waals surface area contributed by atoms with E-state index >= 15 is 0 Å². The zero-order chi connectivity index (χ0) is 12.3. The molecule has 1 nitrogen and oxygen atoms in total. The summed E-state index contributed by atoms with van der Waals surface area (Å²) in [7, 11) is 0. The molecule has 1 unspecified atom stereocenters. The third kappa shape index (κ3) is 3.49. The minimum Gasteiger partial charge on any atom is -0.388 e. The first kappa shape index (κ1) is 13.0. The van der Waals surface area contributed by atoms with E-state index in [1.165, 1.54) is 24.8 Å².